The zero-order chi connectivity index (χ0) is 15.0. The number of rotatable bonds is 8. The summed E-state index contributed by atoms with van der Waals surface area (Å²) in [7, 11) is 0. The Labute approximate surface area is 124 Å². The number of nitrogens with one attached hydrogen (secondary N) is 1. The van der Waals surface area contributed by atoms with Gasteiger partial charge in [0, 0.05) is 6.42 Å². The fraction of sp³-hybridized carbons (Fsp3) is 0.467. The van der Waals surface area contributed by atoms with Gasteiger partial charge in [0.25, 0.3) is 0 Å². The fourth-order valence-electron chi connectivity index (χ4n) is 1.89. The Bertz CT molecular complexity index is 462. The Kier molecular flexibility index (Phi) is 7.15. The third kappa shape index (κ3) is 6.10. The molecule has 1 aromatic rings. The number of aliphatic carboxylic acids is 1. The lowest BCUT2D eigenvalue weighted by Gasteiger charge is -2.13. The minimum absolute atomic E-state index is 0.208. The number of hydrogen-bond donors (Lipinski definition) is 2. The molecule has 0 aromatic heterocycles. The van der Waals surface area contributed by atoms with E-state index in [2.05, 4.69) is 5.32 Å². The topological polar surface area (TPSA) is 66.4 Å². The number of carboxylic acid groups (broad SMARTS) is 1. The van der Waals surface area contributed by atoms with Crippen LogP contribution in [-0.4, -0.2) is 35.0 Å². The highest BCUT2D eigenvalue weighted by molar-refractivity contribution is 7.98. The van der Waals surface area contributed by atoms with Crippen LogP contribution in [0.1, 0.15) is 24.0 Å². The van der Waals surface area contributed by atoms with E-state index in [4.69, 9.17) is 5.11 Å². The van der Waals surface area contributed by atoms with Crippen molar-refractivity contribution in [1.29, 1.82) is 0 Å². The largest absolute Gasteiger partial charge is 0.480 e. The van der Waals surface area contributed by atoms with Crippen molar-refractivity contribution in [1.82, 2.24) is 5.32 Å². The SMILES string of the molecule is CSCC[C@@H](NC(=O)CCc1cccc(C)c1)C(=O)O. The van der Waals surface area contributed by atoms with Crippen LogP contribution in [0.15, 0.2) is 24.3 Å². The van der Waals surface area contributed by atoms with Crippen molar-refractivity contribution in [3.63, 3.8) is 0 Å². The average molecular weight is 295 g/mol. The molecule has 0 fully saturated rings. The van der Waals surface area contributed by atoms with Gasteiger partial charge in [-0.1, -0.05) is 29.8 Å². The van der Waals surface area contributed by atoms with E-state index in [-0.39, 0.29) is 5.91 Å². The van der Waals surface area contributed by atoms with Crippen LogP contribution in [0, 0.1) is 6.92 Å². The standard InChI is InChI=1S/C15H21NO3S/c1-11-4-3-5-12(10-11)6-7-14(17)16-13(15(18)19)8-9-20-2/h3-5,10,13H,6-9H2,1-2H3,(H,16,17)(H,18,19)/t13-/m1/s1. The van der Waals surface area contributed by atoms with Crippen molar-refractivity contribution < 1.29 is 14.7 Å². The highest BCUT2D eigenvalue weighted by Crippen LogP contribution is 2.07. The predicted molar refractivity (Wildman–Crippen MR) is 82.1 cm³/mol. The predicted octanol–water partition coefficient (Wildman–Crippen LogP) is 2.25. The van der Waals surface area contributed by atoms with E-state index in [1.54, 1.807) is 11.8 Å². The first kappa shape index (κ1) is 16.6. The van der Waals surface area contributed by atoms with Gasteiger partial charge in [-0.05, 0) is 37.3 Å². The maximum Gasteiger partial charge on any atom is 0.326 e. The second-order valence-corrected chi connectivity index (χ2v) is 5.71. The second-order valence-electron chi connectivity index (χ2n) is 4.73. The fourth-order valence-corrected chi connectivity index (χ4v) is 2.36. The molecular formula is C15H21NO3S. The van der Waals surface area contributed by atoms with Gasteiger partial charge in [-0.2, -0.15) is 11.8 Å². The number of benzene rings is 1. The van der Waals surface area contributed by atoms with Crippen LogP contribution >= 0.6 is 11.8 Å². The minimum atomic E-state index is -0.969. The molecule has 4 nitrogen and oxygen atoms in total. The van der Waals surface area contributed by atoms with Gasteiger partial charge in [0.1, 0.15) is 6.04 Å². The molecule has 0 unspecified atom stereocenters. The van der Waals surface area contributed by atoms with Crippen LogP contribution in [0.25, 0.3) is 0 Å². The maximum absolute atomic E-state index is 11.8. The molecule has 1 amide bonds. The zero-order valence-electron chi connectivity index (χ0n) is 11.9. The van der Waals surface area contributed by atoms with E-state index in [9.17, 15) is 9.59 Å². The van der Waals surface area contributed by atoms with Crippen molar-refractivity contribution in [3.8, 4) is 0 Å². The summed E-state index contributed by atoms with van der Waals surface area (Å²) in [6, 6.07) is 7.19. The van der Waals surface area contributed by atoms with Crippen LogP contribution in [0.2, 0.25) is 0 Å². The molecule has 2 N–H and O–H groups in total. The molecule has 20 heavy (non-hydrogen) atoms. The lowest BCUT2D eigenvalue weighted by Crippen LogP contribution is -2.41. The zero-order valence-corrected chi connectivity index (χ0v) is 12.7. The molecule has 0 spiro atoms. The molecule has 5 heteroatoms. The van der Waals surface area contributed by atoms with E-state index in [1.807, 2.05) is 37.4 Å². The molecule has 0 radical (unpaired) electrons. The molecule has 0 aliphatic heterocycles. The van der Waals surface area contributed by atoms with E-state index >= 15 is 0 Å². The van der Waals surface area contributed by atoms with Gasteiger partial charge in [-0.25, -0.2) is 4.79 Å². The highest BCUT2D eigenvalue weighted by Gasteiger charge is 2.18. The minimum Gasteiger partial charge on any atom is -0.480 e. The number of carboxylic acids is 1. The third-order valence-electron chi connectivity index (χ3n) is 2.97. The van der Waals surface area contributed by atoms with Crippen LogP contribution in [-0.2, 0) is 16.0 Å². The highest BCUT2D eigenvalue weighted by atomic mass is 32.2. The van der Waals surface area contributed by atoms with Gasteiger partial charge in [0.05, 0.1) is 0 Å². The van der Waals surface area contributed by atoms with Crippen molar-refractivity contribution in [2.24, 2.45) is 0 Å². The molecule has 0 bridgehead atoms. The van der Waals surface area contributed by atoms with Crippen molar-refractivity contribution >= 4 is 23.6 Å². The number of carbonyl (C=O) groups is 2. The summed E-state index contributed by atoms with van der Waals surface area (Å²) >= 11 is 1.57. The molecule has 0 heterocycles. The first-order valence-electron chi connectivity index (χ1n) is 6.59. The van der Waals surface area contributed by atoms with Crippen molar-refractivity contribution in [2.75, 3.05) is 12.0 Å². The summed E-state index contributed by atoms with van der Waals surface area (Å²) in [5.74, 6) is -0.460. The number of aryl methyl sites for hydroxylation is 2. The normalized spacial score (nSPS) is 11.9. The third-order valence-corrected chi connectivity index (χ3v) is 3.61. The average Bonchev–Trinajstić information content (AvgIpc) is 2.41. The number of hydrogen-bond acceptors (Lipinski definition) is 3. The van der Waals surface area contributed by atoms with Crippen molar-refractivity contribution in [2.45, 2.75) is 32.2 Å². The van der Waals surface area contributed by atoms with Crippen LogP contribution in [0.5, 0.6) is 0 Å². The van der Waals surface area contributed by atoms with Gasteiger partial charge in [0.2, 0.25) is 5.91 Å². The van der Waals surface area contributed by atoms with E-state index < -0.39 is 12.0 Å². The second kappa shape index (κ2) is 8.64. The van der Waals surface area contributed by atoms with Gasteiger partial charge < -0.3 is 10.4 Å². The van der Waals surface area contributed by atoms with Crippen LogP contribution in [0.4, 0.5) is 0 Å². The molecule has 1 atom stereocenters. The first-order valence-corrected chi connectivity index (χ1v) is 7.99. The van der Waals surface area contributed by atoms with E-state index in [0.717, 1.165) is 16.9 Å². The number of thioether (sulfide) groups is 1. The molecule has 0 aliphatic rings. The molecule has 0 aliphatic carbocycles. The Morgan fingerprint density at radius 2 is 2.15 bits per heavy atom. The summed E-state index contributed by atoms with van der Waals surface area (Å²) in [6.07, 6.45) is 3.31. The van der Waals surface area contributed by atoms with E-state index in [0.29, 0.717) is 19.3 Å². The smallest absolute Gasteiger partial charge is 0.326 e. The first-order chi connectivity index (χ1) is 9.52. The quantitative estimate of drug-likeness (QED) is 0.772. The summed E-state index contributed by atoms with van der Waals surface area (Å²) < 4.78 is 0. The van der Waals surface area contributed by atoms with Gasteiger partial charge in [-0.3, -0.25) is 4.79 Å². The number of carbonyl (C=O) groups excluding carboxylic acids is 1. The van der Waals surface area contributed by atoms with Gasteiger partial charge >= 0.3 is 5.97 Å². The molecule has 1 aromatic carbocycles. The summed E-state index contributed by atoms with van der Waals surface area (Å²) in [5.41, 5.74) is 2.25. The summed E-state index contributed by atoms with van der Waals surface area (Å²) in [5, 5.41) is 11.6. The molecule has 1 rings (SSSR count). The summed E-state index contributed by atoms with van der Waals surface area (Å²) in [6.45, 7) is 2.01. The Morgan fingerprint density at radius 3 is 2.75 bits per heavy atom. The van der Waals surface area contributed by atoms with E-state index in [1.165, 1.54) is 0 Å². The van der Waals surface area contributed by atoms with Crippen LogP contribution < -0.4 is 5.32 Å². The Morgan fingerprint density at radius 1 is 1.40 bits per heavy atom. The Balaban J connectivity index is 2.43. The molecule has 0 saturated carbocycles. The molecular weight excluding hydrogens is 274 g/mol. The van der Waals surface area contributed by atoms with Gasteiger partial charge in [0.15, 0.2) is 0 Å². The summed E-state index contributed by atoms with van der Waals surface area (Å²) in [4.78, 5) is 22.8. The molecule has 110 valence electrons. The lowest BCUT2D eigenvalue weighted by molar-refractivity contribution is -0.141. The Hall–Kier alpha value is -1.49. The monoisotopic (exact) mass is 295 g/mol. The lowest BCUT2D eigenvalue weighted by atomic mass is 10.1. The van der Waals surface area contributed by atoms with Crippen LogP contribution in [0.3, 0.4) is 0 Å². The molecule has 0 saturated heterocycles. The maximum atomic E-state index is 11.8. The van der Waals surface area contributed by atoms with Gasteiger partial charge in [-0.15, -0.1) is 0 Å². The van der Waals surface area contributed by atoms with Crippen molar-refractivity contribution in [3.05, 3.63) is 35.4 Å². The number of amides is 1.